The van der Waals surface area contributed by atoms with Gasteiger partial charge in [0, 0.05) is 51.5 Å². The maximum absolute atomic E-state index is 12.6. The summed E-state index contributed by atoms with van der Waals surface area (Å²) in [5.41, 5.74) is 0.471. The van der Waals surface area contributed by atoms with Crippen molar-refractivity contribution in [2.45, 2.75) is 38.3 Å². The van der Waals surface area contributed by atoms with Gasteiger partial charge in [0.25, 0.3) is 0 Å². The van der Waals surface area contributed by atoms with Gasteiger partial charge in [-0.05, 0) is 37.8 Å². The summed E-state index contributed by atoms with van der Waals surface area (Å²) in [6.45, 7) is 6.71. The Kier molecular flexibility index (Phi) is 5.29. The maximum Gasteiger partial charge on any atom is 0.224 e. The van der Waals surface area contributed by atoms with E-state index in [9.17, 15) is 4.79 Å². The molecule has 1 amide bonds. The average Bonchev–Trinajstić information content (AvgIpc) is 3.20. The van der Waals surface area contributed by atoms with Gasteiger partial charge in [0.2, 0.25) is 5.91 Å². The Balaban J connectivity index is 1.39. The van der Waals surface area contributed by atoms with Gasteiger partial charge in [-0.1, -0.05) is 0 Å². The topological polar surface area (TPSA) is 62.6 Å². The number of imidazole rings is 1. The van der Waals surface area contributed by atoms with Crippen LogP contribution < -0.4 is 5.32 Å². The monoisotopic (exact) mass is 361 g/mol. The van der Waals surface area contributed by atoms with Crippen LogP contribution in [0.3, 0.4) is 0 Å². The number of nitrogens with zero attached hydrogens (tertiary/aromatic N) is 4. The van der Waals surface area contributed by atoms with E-state index in [1.807, 2.05) is 24.3 Å². The highest BCUT2D eigenvalue weighted by atomic mass is 16.5. The number of hydrogen-bond acceptors (Lipinski definition) is 5. The lowest BCUT2D eigenvalue weighted by atomic mass is 9.93. The summed E-state index contributed by atoms with van der Waals surface area (Å²) in [7, 11) is 2.05. The van der Waals surface area contributed by atoms with E-state index in [0.29, 0.717) is 31.1 Å². The van der Waals surface area contributed by atoms with E-state index >= 15 is 0 Å². The van der Waals surface area contributed by atoms with Crippen LogP contribution in [0.4, 0.5) is 0 Å². The molecule has 1 aromatic heterocycles. The van der Waals surface area contributed by atoms with Crippen molar-refractivity contribution in [3.8, 4) is 0 Å². The lowest BCUT2D eigenvalue weighted by Crippen LogP contribution is -2.43. The van der Waals surface area contributed by atoms with Crippen molar-refractivity contribution < 1.29 is 9.53 Å². The molecule has 1 aliphatic carbocycles. The van der Waals surface area contributed by atoms with Gasteiger partial charge >= 0.3 is 0 Å². The van der Waals surface area contributed by atoms with Crippen molar-refractivity contribution >= 4 is 5.91 Å². The number of hydrogen-bond donors (Lipinski definition) is 1. The molecule has 4 rings (SSSR count). The zero-order valence-corrected chi connectivity index (χ0v) is 15.8. The molecule has 2 aliphatic heterocycles. The van der Waals surface area contributed by atoms with E-state index in [4.69, 9.17) is 4.74 Å². The van der Waals surface area contributed by atoms with E-state index in [-0.39, 0.29) is 5.91 Å². The van der Waals surface area contributed by atoms with Crippen LogP contribution in [0.1, 0.15) is 31.5 Å². The molecule has 7 nitrogen and oxygen atoms in total. The van der Waals surface area contributed by atoms with Crippen molar-refractivity contribution in [1.29, 1.82) is 0 Å². The van der Waals surface area contributed by atoms with E-state index in [2.05, 4.69) is 19.8 Å². The van der Waals surface area contributed by atoms with Gasteiger partial charge in [0.05, 0.1) is 19.8 Å². The maximum atomic E-state index is 12.6. The summed E-state index contributed by atoms with van der Waals surface area (Å²) >= 11 is 0. The third-order valence-corrected chi connectivity index (χ3v) is 6.43. The molecule has 7 heteroatoms. The minimum atomic E-state index is 0.262. The van der Waals surface area contributed by atoms with Gasteiger partial charge in [-0.3, -0.25) is 9.69 Å². The Morgan fingerprint density at radius 1 is 1.38 bits per heavy atom. The zero-order valence-electron chi connectivity index (χ0n) is 15.8. The Morgan fingerprint density at radius 2 is 2.15 bits per heavy atom. The molecule has 1 atom stereocenters. The molecule has 0 aromatic carbocycles. The molecule has 1 unspecified atom stereocenters. The molecular weight excluding hydrogens is 330 g/mol. The van der Waals surface area contributed by atoms with Crippen LogP contribution in [0.5, 0.6) is 0 Å². The molecule has 2 saturated heterocycles. The number of carbonyl (C=O) groups excluding carboxylic acids is 1. The van der Waals surface area contributed by atoms with Crippen molar-refractivity contribution in [3.05, 3.63) is 18.2 Å². The Labute approximate surface area is 155 Å². The Morgan fingerprint density at radius 3 is 2.85 bits per heavy atom. The SMILES string of the molecule is Cn1ccnc1CN(CCC(=O)N1CCOCC1)C1CC12CCNCC2. The molecule has 0 bridgehead atoms. The van der Waals surface area contributed by atoms with Crippen LogP contribution in [-0.2, 0) is 23.1 Å². The van der Waals surface area contributed by atoms with Crippen LogP contribution in [0.25, 0.3) is 0 Å². The fourth-order valence-electron chi connectivity index (χ4n) is 4.59. The first kappa shape index (κ1) is 17.9. The summed E-state index contributed by atoms with van der Waals surface area (Å²) in [4.78, 5) is 21.6. The Hall–Kier alpha value is -1.44. The first-order chi connectivity index (χ1) is 12.7. The smallest absolute Gasteiger partial charge is 0.224 e. The van der Waals surface area contributed by atoms with Crippen molar-refractivity contribution in [1.82, 2.24) is 24.7 Å². The number of morpholine rings is 1. The third kappa shape index (κ3) is 3.80. The fourth-order valence-corrected chi connectivity index (χ4v) is 4.59. The van der Waals surface area contributed by atoms with Crippen molar-refractivity contribution in [2.75, 3.05) is 45.9 Å². The normalized spacial score (nSPS) is 25.0. The molecule has 3 fully saturated rings. The molecule has 1 aromatic rings. The molecule has 1 saturated carbocycles. The molecular formula is C19H31N5O2. The van der Waals surface area contributed by atoms with Crippen LogP contribution in [0, 0.1) is 5.41 Å². The van der Waals surface area contributed by atoms with E-state index < -0.39 is 0 Å². The average molecular weight is 361 g/mol. The van der Waals surface area contributed by atoms with Gasteiger partial charge in [-0.15, -0.1) is 0 Å². The van der Waals surface area contributed by atoms with Gasteiger partial charge in [0.1, 0.15) is 5.82 Å². The second kappa shape index (κ2) is 7.66. The first-order valence-corrected chi connectivity index (χ1v) is 9.94. The number of carbonyl (C=O) groups is 1. The summed E-state index contributed by atoms with van der Waals surface area (Å²) in [6, 6.07) is 0.596. The minimum Gasteiger partial charge on any atom is -0.378 e. The van der Waals surface area contributed by atoms with Gasteiger partial charge in [0.15, 0.2) is 0 Å². The quantitative estimate of drug-likeness (QED) is 0.805. The standard InChI is InChI=1S/C19H31N5O2/c1-22-9-7-21-17(22)15-24(16-14-19(16)3-5-20-6-4-19)8-2-18(25)23-10-12-26-13-11-23/h7,9,16,20H,2-6,8,10-15H2,1H3. The number of nitrogens with one attached hydrogen (secondary N) is 1. The number of piperidine rings is 1. The molecule has 26 heavy (non-hydrogen) atoms. The summed E-state index contributed by atoms with van der Waals surface area (Å²) in [6.07, 6.45) is 8.23. The van der Waals surface area contributed by atoms with Crippen LogP contribution in [0.15, 0.2) is 12.4 Å². The highest BCUT2D eigenvalue weighted by Crippen LogP contribution is 2.56. The molecule has 144 valence electrons. The van der Waals surface area contributed by atoms with E-state index in [1.165, 1.54) is 19.3 Å². The predicted molar refractivity (Wildman–Crippen MR) is 98.6 cm³/mol. The summed E-state index contributed by atoms with van der Waals surface area (Å²) in [5.74, 6) is 1.35. The summed E-state index contributed by atoms with van der Waals surface area (Å²) < 4.78 is 7.45. The lowest BCUT2D eigenvalue weighted by Gasteiger charge is -2.31. The van der Waals surface area contributed by atoms with Crippen LogP contribution in [-0.4, -0.2) is 77.2 Å². The third-order valence-electron chi connectivity index (χ3n) is 6.43. The molecule has 3 aliphatic rings. The number of aryl methyl sites for hydroxylation is 1. The van der Waals surface area contributed by atoms with Crippen molar-refractivity contribution in [2.24, 2.45) is 12.5 Å². The minimum absolute atomic E-state index is 0.262. The second-order valence-corrected chi connectivity index (χ2v) is 8.00. The van der Waals surface area contributed by atoms with Gasteiger partial charge in [-0.2, -0.15) is 0 Å². The molecule has 1 spiro atoms. The van der Waals surface area contributed by atoms with Gasteiger partial charge < -0.3 is 19.5 Å². The zero-order chi connectivity index (χ0) is 18.0. The predicted octanol–water partition coefficient (Wildman–Crippen LogP) is 0.613. The Bertz CT molecular complexity index is 619. The lowest BCUT2D eigenvalue weighted by molar-refractivity contribution is -0.135. The fraction of sp³-hybridized carbons (Fsp3) is 0.789. The molecule has 1 N–H and O–H groups in total. The highest BCUT2D eigenvalue weighted by molar-refractivity contribution is 5.76. The molecule has 3 heterocycles. The van der Waals surface area contributed by atoms with E-state index in [0.717, 1.165) is 45.1 Å². The second-order valence-electron chi connectivity index (χ2n) is 8.00. The number of aromatic nitrogens is 2. The number of rotatable bonds is 6. The number of ether oxygens (including phenoxy) is 1. The van der Waals surface area contributed by atoms with Gasteiger partial charge in [-0.25, -0.2) is 4.98 Å². The largest absolute Gasteiger partial charge is 0.378 e. The van der Waals surface area contributed by atoms with E-state index in [1.54, 1.807) is 0 Å². The summed E-state index contributed by atoms with van der Waals surface area (Å²) in [5, 5.41) is 3.48. The van der Waals surface area contributed by atoms with Crippen LogP contribution in [0.2, 0.25) is 0 Å². The first-order valence-electron chi connectivity index (χ1n) is 9.94. The molecule has 0 radical (unpaired) electrons. The number of amides is 1. The van der Waals surface area contributed by atoms with Crippen molar-refractivity contribution in [3.63, 3.8) is 0 Å². The highest BCUT2D eigenvalue weighted by Gasteiger charge is 2.56. The van der Waals surface area contributed by atoms with Crippen LogP contribution >= 0.6 is 0 Å².